The van der Waals surface area contributed by atoms with E-state index in [1.54, 1.807) is 6.07 Å². The molecule has 2 aliphatic heterocycles. The summed E-state index contributed by atoms with van der Waals surface area (Å²) in [7, 11) is 0. The molecule has 0 bridgehead atoms. The zero-order chi connectivity index (χ0) is 23.8. The van der Waals surface area contributed by atoms with Crippen LogP contribution in [0.2, 0.25) is 0 Å². The van der Waals surface area contributed by atoms with Gasteiger partial charge in [0.1, 0.15) is 5.69 Å². The van der Waals surface area contributed by atoms with Crippen LogP contribution in [0.15, 0.2) is 52.4 Å². The van der Waals surface area contributed by atoms with Gasteiger partial charge in [-0.3, -0.25) is 19.8 Å². The minimum absolute atomic E-state index is 0.269. The summed E-state index contributed by atoms with van der Waals surface area (Å²) in [5.41, 5.74) is -0.358. The molecule has 2 aromatic carbocycles. The molecule has 0 spiro atoms. The van der Waals surface area contributed by atoms with E-state index in [-0.39, 0.29) is 4.91 Å². The highest BCUT2D eigenvalue weighted by Crippen LogP contribution is 2.33. The number of halogens is 3. The van der Waals surface area contributed by atoms with E-state index in [4.69, 9.17) is 0 Å². The van der Waals surface area contributed by atoms with Crippen LogP contribution >= 0.6 is 11.8 Å². The van der Waals surface area contributed by atoms with E-state index in [1.807, 2.05) is 4.90 Å². The number of piperazine rings is 1. The van der Waals surface area contributed by atoms with E-state index in [2.05, 4.69) is 4.99 Å². The molecule has 4 rings (SSSR count). The highest BCUT2D eigenvalue weighted by Gasteiger charge is 2.33. The second-order valence-electron chi connectivity index (χ2n) is 7.46. The van der Waals surface area contributed by atoms with Crippen LogP contribution in [0.25, 0.3) is 6.08 Å². The van der Waals surface area contributed by atoms with Crippen LogP contribution in [0.5, 0.6) is 5.75 Å². The molecule has 0 unspecified atom stereocenters. The van der Waals surface area contributed by atoms with Gasteiger partial charge < -0.3 is 10.0 Å². The molecular formula is C21H17F3N4O4S. The van der Waals surface area contributed by atoms with E-state index in [1.165, 1.54) is 18.2 Å². The van der Waals surface area contributed by atoms with Crippen molar-refractivity contribution in [1.29, 1.82) is 0 Å². The van der Waals surface area contributed by atoms with Gasteiger partial charge in [-0.05, 0) is 41.3 Å². The van der Waals surface area contributed by atoms with E-state index >= 15 is 0 Å². The van der Waals surface area contributed by atoms with Crippen molar-refractivity contribution < 1.29 is 32.9 Å². The molecule has 0 aliphatic carbocycles. The van der Waals surface area contributed by atoms with Crippen molar-refractivity contribution in [2.45, 2.75) is 6.18 Å². The number of nitrogens with one attached hydrogen (secondary N) is 1. The fourth-order valence-corrected chi connectivity index (χ4v) is 4.59. The number of carbonyl (C=O) groups is 1. The number of nitro benzene ring substituents is 1. The van der Waals surface area contributed by atoms with Crippen molar-refractivity contribution in [3.8, 4) is 5.75 Å². The van der Waals surface area contributed by atoms with Crippen LogP contribution in [0, 0.1) is 10.1 Å². The van der Waals surface area contributed by atoms with Gasteiger partial charge in [-0.25, -0.2) is 0 Å². The van der Waals surface area contributed by atoms with Gasteiger partial charge in [-0.15, -0.1) is 0 Å². The van der Waals surface area contributed by atoms with Gasteiger partial charge in [0.2, 0.25) is 0 Å². The minimum Gasteiger partial charge on any atom is -0.868 e. The number of hydrogen-bond acceptors (Lipinski definition) is 6. The first-order chi connectivity index (χ1) is 15.6. The van der Waals surface area contributed by atoms with Crippen molar-refractivity contribution in [2.75, 3.05) is 26.2 Å². The molecule has 1 N–H and O–H groups in total. The summed E-state index contributed by atoms with van der Waals surface area (Å²) in [6, 6.07) is 8.84. The van der Waals surface area contributed by atoms with Gasteiger partial charge in [-0.2, -0.15) is 18.2 Å². The van der Waals surface area contributed by atoms with Gasteiger partial charge in [0.25, 0.3) is 11.6 Å². The number of alkyl halides is 3. The Hall–Kier alpha value is -3.38. The van der Waals surface area contributed by atoms with Crippen molar-refractivity contribution >= 4 is 40.3 Å². The van der Waals surface area contributed by atoms with E-state index < -0.39 is 34.0 Å². The minimum atomic E-state index is -4.40. The Balaban J connectivity index is 1.42. The molecule has 2 aromatic rings. The molecule has 8 nitrogen and oxygen atoms in total. The van der Waals surface area contributed by atoms with Crippen LogP contribution in [-0.2, 0) is 11.0 Å². The average molecular weight is 478 g/mol. The number of amidine groups is 1. The van der Waals surface area contributed by atoms with Crippen LogP contribution in [0.4, 0.5) is 24.5 Å². The quantitative estimate of drug-likeness (QED) is 0.412. The number of hydrogen-bond donors (Lipinski definition) is 1. The molecule has 0 saturated carbocycles. The molecule has 2 aliphatic rings. The Morgan fingerprint density at radius 3 is 2.55 bits per heavy atom. The third-order valence-corrected chi connectivity index (χ3v) is 6.37. The summed E-state index contributed by atoms with van der Waals surface area (Å²) in [6.07, 6.45) is -2.95. The first kappa shape index (κ1) is 22.8. The lowest BCUT2D eigenvalue weighted by Crippen LogP contribution is -3.10. The summed E-state index contributed by atoms with van der Waals surface area (Å²) in [5.74, 6) is -1.21. The van der Waals surface area contributed by atoms with E-state index in [0.29, 0.717) is 42.6 Å². The second kappa shape index (κ2) is 8.87. The average Bonchev–Trinajstić information content (AvgIpc) is 3.14. The van der Waals surface area contributed by atoms with Crippen molar-refractivity contribution in [3.05, 3.63) is 68.6 Å². The second-order valence-corrected chi connectivity index (χ2v) is 8.47. The third kappa shape index (κ3) is 5.01. The summed E-state index contributed by atoms with van der Waals surface area (Å²) in [5, 5.41) is 23.0. The molecular weight excluding hydrogens is 461 g/mol. The summed E-state index contributed by atoms with van der Waals surface area (Å²) in [4.78, 5) is 29.6. The van der Waals surface area contributed by atoms with Crippen molar-refractivity contribution in [3.63, 3.8) is 0 Å². The maximum absolute atomic E-state index is 13.0. The standard InChI is InChI=1S/C21H17F3N4O4S/c22-21(23,24)14-2-1-3-15(12-14)26-6-8-27(9-7-26)20-25-19(30)18(33-20)11-13-4-5-17(29)16(10-13)28(31)32/h1-5,10-12,29H,6-9H2/b18-11-. The maximum Gasteiger partial charge on any atom is 0.416 e. The lowest BCUT2D eigenvalue weighted by molar-refractivity contribution is -0.837. The zero-order valence-electron chi connectivity index (χ0n) is 17.0. The van der Waals surface area contributed by atoms with Gasteiger partial charge in [0.05, 0.1) is 41.6 Å². The number of amides is 1. The van der Waals surface area contributed by atoms with Gasteiger partial charge in [-0.1, -0.05) is 18.2 Å². The molecule has 0 aromatic heterocycles. The van der Waals surface area contributed by atoms with Crippen LogP contribution in [-0.4, -0.2) is 47.1 Å². The van der Waals surface area contributed by atoms with Crippen molar-refractivity contribution in [2.24, 2.45) is 4.99 Å². The molecule has 0 radical (unpaired) electrons. The first-order valence-electron chi connectivity index (χ1n) is 9.87. The third-order valence-electron chi connectivity index (χ3n) is 5.32. The predicted octanol–water partition coefficient (Wildman–Crippen LogP) is 2.19. The van der Waals surface area contributed by atoms with Crippen LogP contribution in [0.1, 0.15) is 11.1 Å². The highest BCUT2D eigenvalue weighted by atomic mass is 32.2. The lowest BCUT2D eigenvalue weighted by Gasteiger charge is -2.32. The first-order valence-corrected chi connectivity index (χ1v) is 10.7. The molecule has 1 saturated heterocycles. The topological polar surface area (TPSA) is 103 Å². The number of carbonyl (C=O) groups excluding carboxylic acids is 1. The number of nitrogens with zero attached hydrogens (tertiary/aromatic N) is 3. The molecule has 1 fully saturated rings. The Morgan fingerprint density at radius 2 is 1.88 bits per heavy atom. The van der Waals surface area contributed by atoms with Gasteiger partial charge in [0, 0.05) is 12.1 Å². The molecule has 1 amide bonds. The monoisotopic (exact) mass is 478 g/mol. The summed E-state index contributed by atoms with van der Waals surface area (Å²) >= 11 is 1.12. The molecule has 172 valence electrons. The summed E-state index contributed by atoms with van der Waals surface area (Å²) in [6.45, 7) is 2.05. The Kier molecular flexibility index (Phi) is 6.13. The number of rotatable bonds is 3. The van der Waals surface area contributed by atoms with Crippen LogP contribution in [0.3, 0.4) is 0 Å². The zero-order valence-corrected chi connectivity index (χ0v) is 17.8. The number of quaternary nitrogens is 1. The number of aliphatic imine (C=N–C) groups is 1. The normalized spacial score (nSPS) is 18.6. The predicted molar refractivity (Wildman–Crippen MR) is 114 cm³/mol. The SMILES string of the molecule is O=C1N=C(N2CC[NH+](c3cccc(C(F)(F)F)c3)CC2)S/C1=C\c1ccc([O-])c([N+](=O)[O-])c1. The molecule has 2 heterocycles. The fourth-order valence-electron chi connectivity index (χ4n) is 3.62. The van der Waals surface area contributed by atoms with E-state index in [0.717, 1.165) is 40.9 Å². The number of thioether (sulfide) groups is 1. The maximum atomic E-state index is 13.0. The molecule has 0 atom stereocenters. The fraction of sp³-hybridized carbons (Fsp3) is 0.238. The highest BCUT2D eigenvalue weighted by molar-refractivity contribution is 8.18. The largest absolute Gasteiger partial charge is 0.868 e. The van der Waals surface area contributed by atoms with Gasteiger partial charge in [0.15, 0.2) is 5.17 Å². The van der Waals surface area contributed by atoms with Gasteiger partial charge >= 0.3 is 6.18 Å². The Labute approximate surface area is 190 Å². The van der Waals surface area contributed by atoms with E-state index in [9.17, 15) is 33.2 Å². The lowest BCUT2D eigenvalue weighted by atomic mass is 10.1. The molecule has 12 heteroatoms. The number of nitro groups is 1. The Bertz CT molecular complexity index is 1170. The smallest absolute Gasteiger partial charge is 0.416 e. The van der Waals surface area contributed by atoms with Crippen LogP contribution < -0.4 is 10.0 Å². The number of benzene rings is 2. The molecule has 33 heavy (non-hydrogen) atoms. The Morgan fingerprint density at radius 1 is 1.15 bits per heavy atom. The summed E-state index contributed by atoms with van der Waals surface area (Å²) < 4.78 is 39.0. The van der Waals surface area contributed by atoms with Crippen molar-refractivity contribution in [1.82, 2.24) is 4.90 Å².